The number of rotatable bonds is 5. The zero-order valence-electron chi connectivity index (χ0n) is 11.7. The zero-order chi connectivity index (χ0) is 17.0. The van der Waals surface area contributed by atoms with E-state index in [9.17, 15) is 9.59 Å². The molecule has 2 aromatic rings. The molecule has 8 heteroatoms. The molecule has 1 N–H and O–H groups in total. The van der Waals surface area contributed by atoms with Crippen molar-refractivity contribution < 1.29 is 14.3 Å². The topological polar surface area (TPSA) is 55.4 Å². The molecule has 0 aliphatic rings. The Morgan fingerprint density at radius 2 is 1.96 bits per heavy atom. The minimum Gasteiger partial charge on any atom is -0.454 e. The van der Waals surface area contributed by atoms with Crippen LogP contribution in [0.15, 0.2) is 39.2 Å². The van der Waals surface area contributed by atoms with Gasteiger partial charge in [-0.25, -0.2) is 0 Å². The highest BCUT2D eigenvalue weighted by molar-refractivity contribution is 7.12. The number of carbonyl (C=O) groups excluding carboxylic acids is 2. The van der Waals surface area contributed by atoms with Gasteiger partial charge in [0.15, 0.2) is 12.0 Å². The van der Waals surface area contributed by atoms with Gasteiger partial charge in [0.05, 0.1) is 5.69 Å². The van der Waals surface area contributed by atoms with E-state index in [2.05, 4.69) is 5.32 Å². The van der Waals surface area contributed by atoms with Crippen LogP contribution in [0, 0.1) is 6.92 Å². The van der Waals surface area contributed by atoms with Crippen molar-refractivity contribution >= 4 is 64.0 Å². The van der Waals surface area contributed by atoms with E-state index in [0.717, 1.165) is 5.56 Å². The van der Waals surface area contributed by atoms with Crippen molar-refractivity contribution in [2.24, 2.45) is 0 Å². The molecule has 0 saturated heterocycles. The lowest BCUT2D eigenvalue weighted by atomic mass is 10.2. The van der Waals surface area contributed by atoms with E-state index in [1.54, 1.807) is 23.6 Å². The number of thiophene rings is 1. The second kappa shape index (κ2) is 7.84. The van der Waals surface area contributed by atoms with Gasteiger partial charge in [0.25, 0.3) is 5.91 Å². The summed E-state index contributed by atoms with van der Waals surface area (Å²) >= 11 is 18.0. The molecule has 0 atom stereocenters. The fourth-order valence-electron chi connectivity index (χ4n) is 1.69. The summed E-state index contributed by atoms with van der Waals surface area (Å²) in [4.78, 5) is 23.4. The zero-order valence-corrected chi connectivity index (χ0v) is 14.8. The SMILES string of the molecule is Cc1ccc(Oc2ccsc2C=O)c(NC(=O)C(Cl)=C(Cl)Cl)c1. The maximum Gasteiger partial charge on any atom is 0.269 e. The summed E-state index contributed by atoms with van der Waals surface area (Å²) in [6, 6.07) is 6.86. The number of anilines is 1. The Bertz CT molecular complexity index is 782. The third-order valence-corrected chi connectivity index (χ3v) is 4.49. The number of amides is 1. The maximum atomic E-state index is 12.0. The van der Waals surface area contributed by atoms with Gasteiger partial charge in [-0.3, -0.25) is 9.59 Å². The number of nitrogens with one attached hydrogen (secondary N) is 1. The van der Waals surface area contributed by atoms with Gasteiger partial charge in [-0.05, 0) is 36.1 Å². The highest BCUT2D eigenvalue weighted by atomic mass is 35.5. The molecule has 1 amide bonds. The van der Waals surface area contributed by atoms with Gasteiger partial charge in [0, 0.05) is 0 Å². The van der Waals surface area contributed by atoms with Crippen LogP contribution in [0.4, 0.5) is 5.69 Å². The van der Waals surface area contributed by atoms with Crippen molar-refractivity contribution in [3.05, 3.63) is 49.6 Å². The number of hydrogen-bond acceptors (Lipinski definition) is 4. The monoisotopic (exact) mass is 389 g/mol. The van der Waals surface area contributed by atoms with Gasteiger partial charge in [-0.2, -0.15) is 0 Å². The molecule has 120 valence electrons. The van der Waals surface area contributed by atoms with E-state index in [1.807, 2.05) is 13.0 Å². The Kier molecular flexibility index (Phi) is 6.07. The molecule has 0 aliphatic heterocycles. The smallest absolute Gasteiger partial charge is 0.269 e. The summed E-state index contributed by atoms with van der Waals surface area (Å²) in [7, 11) is 0. The second-order valence-corrected chi connectivity index (χ2v) is 6.67. The minimum atomic E-state index is -0.664. The van der Waals surface area contributed by atoms with E-state index >= 15 is 0 Å². The van der Waals surface area contributed by atoms with Gasteiger partial charge < -0.3 is 10.1 Å². The Balaban J connectivity index is 2.33. The Morgan fingerprint density at radius 3 is 2.61 bits per heavy atom. The minimum absolute atomic E-state index is 0.329. The molecule has 1 heterocycles. The van der Waals surface area contributed by atoms with Crippen LogP contribution in [0.5, 0.6) is 11.5 Å². The van der Waals surface area contributed by atoms with E-state index in [1.165, 1.54) is 11.3 Å². The van der Waals surface area contributed by atoms with Crippen LogP contribution in [0.1, 0.15) is 15.2 Å². The Morgan fingerprint density at radius 1 is 1.22 bits per heavy atom. The molecule has 4 nitrogen and oxygen atoms in total. The van der Waals surface area contributed by atoms with E-state index in [4.69, 9.17) is 39.5 Å². The van der Waals surface area contributed by atoms with Crippen molar-refractivity contribution in [1.29, 1.82) is 0 Å². The number of benzene rings is 1. The molecule has 0 fully saturated rings. The fraction of sp³-hybridized carbons (Fsp3) is 0.0667. The molecule has 23 heavy (non-hydrogen) atoms. The molecular formula is C15H10Cl3NO3S. The van der Waals surface area contributed by atoms with Crippen LogP contribution in [0.3, 0.4) is 0 Å². The van der Waals surface area contributed by atoms with Gasteiger partial charge in [0.2, 0.25) is 0 Å². The van der Waals surface area contributed by atoms with Crippen LogP contribution in [0.2, 0.25) is 0 Å². The van der Waals surface area contributed by atoms with E-state index in [0.29, 0.717) is 28.3 Å². The number of halogens is 3. The summed E-state index contributed by atoms with van der Waals surface area (Å²) in [6.07, 6.45) is 0.708. The molecule has 2 rings (SSSR count). The van der Waals surface area contributed by atoms with E-state index < -0.39 is 5.91 Å². The highest BCUT2D eigenvalue weighted by Crippen LogP contribution is 2.34. The van der Waals surface area contributed by atoms with Crippen molar-refractivity contribution in [2.45, 2.75) is 6.92 Å². The predicted octanol–water partition coefficient (Wildman–Crippen LogP) is 5.49. The van der Waals surface area contributed by atoms with Gasteiger partial charge in [-0.1, -0.05) is 40.9 Å². The third kappa shape index (κ3) is 4.48. The molecule has 0 radical (unpaired) electrons. The molecule has 0 spiro atoms. The van der Waals surface area contributed by atoms with Crippen LogP contribution in [0.25, 0.3) is 0 Å². The van der Waals surface area contributed by atoms with Gasteiger partial charge in [0.1, 0.15) is 20.2 Å². The lowest BCUT2D eigenvalue weighted by Gasteiger charge is -2.12. The fourth-order valence-corrected chi connectivity index (χ4v) is 2.53. The second-order valence-electron chi connectivity index (χ2n) is 4.40. The van der Waals surface area contributed by atoms with Gasteiger partial charge in [-0.15, -0.1) is 11.3 Å². The molecule has 1 aromatic heterocycles. The van der Waals surface area contributed by atoms with Crippen molar-refractivity contribution in [3.63, 3.8) is 0 Å². The normalized spacial score (nSPS) is 10.1. The van der Waals surface area contributed by atoms with Crippen molar-refractivity contribution in [1.82, 2.24) is 0 Å². The lowest BCUT2D eigenvalue weighted by molar-refractivity contribution is -0.112. The number of aldehydes is 1. The first-order valence-corrected chi connectivity index (χ1v) is 8.27. The summed E-state index contributed by atoms with van der Waals surface area (Å²) in [5.41, 5.74) is 1.27. The first-order chi connectivity index (χ1) is 10.9. The van der Waals surface area contributed by atoms with Crippen LogP contribution in [-0.2, 0) is 4.79 Å². The van der Waals surface area contributed by atoms with Gasteiger partial charge >= 0.3 is 0 Å². The Hall–Kier alpha value is -1.53. The highest BCUT2D eigenvalue weighted by Gasteiger charge is 2.15. The summed E-state index contributed by atoms with van der Waals surface area (Å²) in [5, 5.41) is 3.98. The Labute approximate surface area is 151 Å². The summed E-state index contributed by atoms with van der Waals surface area (Å²) in [6.45, 7) is 1.85. The molecule has 0 aliphatic carbocycles. The van der Waals surface area contributed by atoms with Crippen molar-refractivity contribution in [3.8, 4) is 11.5 Å². The van der Waals surface area contributed by atoms with Crippen LogP contribution < -0.4 is 10.1 Å². The average molecular weight is 391 g/mol. The number of aryl methyl sites for hydroxylation is 1. The standard InChI is InChI=1S/C15H10Cl3NO3S/c1-8-2-3-10(22-11-4-5-23-12(11)7-20)9(6-8)19-15(21)13(16)14(17)18/h2-7H,1H3,(H,19,21). The average Bonchev–Trinajstić information content (AvgIpc) is 2.96. The molecule has 0 unspecified atom stereocenters. The number of hydrogen-bond donors (Lipinski definition) is 1. The summed E-state index contributed by atoms with van der Waals surface area (Å²) < 4.78 is 5.37. The maximum absolute atomic E-state index is 12.0. The summed E-state index contributed by atoms with van der Waals surface area (Å²) in [5.74, 6) is 0.102. The molecular weight excluding hydrogens is 381 g/mol. The number of carbonyl (C=O) groups is 2. The van der Waals surface area contributed by atoms with Crippen LogP contribution in [-0.4, -0.2) is 12.2 Å². The first-order valence-electron chi connectivity index (χ1n) is 6.25. The largest absolute Gasteiger partial charge is 0.454 e. The quantitative estimate of drug-likeness (QED) is 0.543. The lowest BCUT2D eigenvalue weighted by Crippen LogP contribution is -2.12. The first kappa shape index (κ1) is 17.8. The predicted molar refractivity (Wildman–Crippen MR) is 94.2 cm³/mol. The molecule has 0 bridgehead atoms. The number of ether oxygens (including phenoxy) is 1. The molecule has 0 saturated carbocycles. The van der Waals surface area contributed by atoms with E-state index in [-0.39, 0.29) is 9.52 Å². The van der Waals surface area contributed by atoms with Crippen LogP contribution >= 0.6 is 46.1 Å². The van der Waals surface area contributed by atoms with Crippen molar-refractivity contribution in [2.75, 3.05) is 5.32 Å². The third-order valence-electron chi connectivity index (χ3n) is 2.73. The molecule has 1 aromatic carbocycles.